The quantitative estimate of drug-likeness (QED) is 0.218. The Morgan fingerprint density at radius 2 is 1.73 bits per heavy atom. The molecule has 0 saturated heterocycles. The Balaban J connectivity index is 1.97. The molecule has 30 heavy (non-hydrogen) atoms. The zero-order valence-electron chi connectivity index (χ0n) is 16.6. The summed E-state index contributed by atoms with van der Waals surface area (Å²) in [6.07, 6.45) is 1.53. The van der Waals surface area contributed by atoms with Gasteiger partial charge in [0.25, 0.3) is 5.56 Å². The number of nitrogens with zero attached hydrogens (tertiary/aromatic N) is 3. The minimum Gasteiger partial charge on any atom is -0.624 e. The predicted octanol–water partition coefficient (Wildman–Crippen LogP) is 4.53. The molecule has 0 atom stereocenters. The first-order chi connectivity index (χ1) is 14.4. The van der Waals surface area contributed by atoms with Crippen molar-refractivity contribution >= 4 is 17.0 Å². The fourth-order valence-corrected chi connectivity index (χ4v) is 3.25. The zero-order valence-corrected chi connectivity index (χ0v) is 16.6. The number of aromatic nitrogens is 2. The maximum atomic E-state index is 13.8. The van der Waals surface area contributed by atoms with E-state index in [1.54, 1.807) is 18.2 Å². The van der Waals surface area contributed by atoms with Gasteiger partial charge in [0.2, 0.25) is 0 Å². The van der Waals surface area contributed by atoms with Crippen LogP contribution in [0.2, 0.25) is 0 Å². The van der Waals surface area contributed by atoms with Crippen LogP contribution in [0.25, 0.3) is 27.7 Å². The first-order valence-corrected chi connectivity index (χ1v) is 9.63. The highest BCUT2D eigenvalue weighted by Gasteiger charge is 2.14. The van der Waals surface area contributed by atoms with Gasteiger partial charge in [-0.3, -0.25) is 4.79 Å². The molecule has 0 aliphatic carbocycles. The largest absolute Gasteiger partial charge is 0.624 e. The molecule has 0 saturated carbocycles. The molecule has 0 spiro atoms. The van der Waals surface area contributed by atoms with Crippen LogP contribution in [0, 0.1) is 11.0 Å². The smallest absolute Gasteiger partial charge is 0.279 e. The van der Waals surface area contributed by atoms with E-state index in [0.717, 1.165) is 15.9 Å². The molecule has 3 aromatic carbocycles. The Kier molecular flexibility index (Phi) is 5.14. The second-order valence-electron chi connectivity index (χ2n) is 7.30. The van der Waals surface area contributed by atoms with Gasteiger partial charge in [0, 0.05) is 16.5 Å². The summed E-state index contributed by atoms with van der Waals surface area (Å²) in [5.41, 5.74) is 2.08. The zero-order chi connectivity index (χ0) is 21.3. The lowest BCUT2D eigenvalue weighted by Crippen LogP contribution is -2.22. The van der Waals surface area contributed by atoms with Crippen molar-refractivity contribution in [2.24, 2.45) is 0 Å². The van der Waals surface area contributed by atoms with Crippen LogP contribution in [0.1, 0.15) is 19.4 Å². The molecule has 0 aliphatic rings. The summed E-state index contributed by atoms with van der Waals surface area (Å²) in [5.74, 6) is -0.447. The number of fused-ring (bicyclic) bond motifs is 1. The van der Waals surface area contributed by atoms with Crippen molar-refractivity contribution in [3.05, 3.63) is 99.7 Å². The molecule has 0 fully saturated rings. The first-order valence-electron chi connectivity index (χ1n) is 9.63. The standard InChI is InChI=1S/C24H20FN3O2/c1-16(2)27(30)15-17-7-5-8-18(13-17)23-21-11-3-4-12-22(21)24(29)28(26-23)20-10-6-9-19(25)14-20/h3-16H,1-2H3/b27-15+. The van der Waals surface area contributed by atoms with Gasteiger partial charge in [-0.05, 0) is 50.2 Å². The van der Waals surface area contributed by atoms with Gasteiger partial charge in [0.15, 0.2) is 12.3 Å². The third-order valence-electron chi connectivity index (χ3n) is 4.80. The summed E-state index contributed by atoms with van der Waals surface area (Å²) in [6, 6.07) is 20.2. The van der Waals surface area contributed by atoms with Gasteiger partial charge in [0.1, 0.15) is 5.82 Å². The number of hydrogen-bond donors (Lipinski definition) is 0. The van der Waals surface area contributed by atoms with Gasteiger partial charge in [-0.2, -0.15) is 9.78 Å². The summed E-state index contributed by atoms with van der Waals surface area (Å²) < 4.78 is 15.9. The molecular formula is C24H20FN3O2. The van der Waals surface area contributed by atoms with Crippen molar-refractivity contribution in [1.29, 1.82) is 0 Å². The lowest BCUT2D eigenvalue weighted by molar-refractivity contribution is -0.487. The van der Waals surface area contributed by atoms with Crippen molar-refractivity contribution in [3.63, 3.8) is 0 Å². The van der Waals surface area contributed by atoms with Crippen molar-refractivity contribution in [2.45, 2.75) is 19.9 Å². The van der Waals surface area contributed by atoms with Crippen LogP contribution in [0.5, 0.6) is 0 Å². The Bertz CT molecular complexity index is 1330. The van der Waals surface area contributed by atoms with Gasteiger partial charge in [-0.1, -0.05) is 36.4 Å². The normalized spacial score (nSPS) is 11.9. The van der Waals surface area contributed by atoms with E-state index in [2.05, 4.69) is 5.10 Å². The molecule has 4 aromatic rings. The number of halogens is 1. The summed E-state index contributed by atoms with van der Waals surface area (Å²) in [6.45, 7) is 3.63. The number of rotatable bonds is 4. The molecule has 0 N–H and O–H groups in total. The molecule has 1 heterocycles. The minimum absolute atomic E-state index is 0.178. The van der Waals surface area contributed by atoms with Crippen LogP contribution in [-0.4, -0.2) is 26.8 Å². The fourth-order valence-electron chi connectivity index (χ4n) is 3.25. The van der Waals surface area contributed by atoms with Crippen LogP contribution in [0.4, 0.5) is 4.39 Å². The lowest BCUT2D eigenvalue weighted by Gasteiger charge is -2.12. The van der Waals surface area contributed by atoms with Crippen molar-refractivity contribution < 1.29 is 9.13 Å². The van der Waals surface area contributed by atoms with Crippen molar-refractivity contribution in [2.75, 3.05) is 0 Å². The summed E-state index contributed by atoms with van der Waals surface area (Å²) >= 11 is 0. The Morgan fingerprint density at radius 1 is 1.00 bits per heavy atom. The molecule has 0 radical (unpaired) electrons. The van der Waals surface area contributed by atoms with E-state index in [0.29, 0.717) is 22.2 Å². The van der Waals surface area contributed by atoms with E-state index in [9.17, 15) is 14.4 Å². The average molecular weight is 401 g/mol. The summed E-state index contributed by atoms with van der Waals surface area (Å²) in [7, 11) is 0. The maximum absolute atomic E-state index is 13.8. The van der Waals surface area contributed by atoms with Gasteiger partial charge < -0.3 is 5.21 Å². The lowest BCUT2D eigenvalue weighted by atomic mass is 10.0. The maximum Gasteiger partial charge on any atom is 0.279 e. The third kappa shape index (κ3) is 3.72. The van der Waals surface area contributed by atoms with E-state index in [-0.39, 0.29) is 11.6 Å². The molecule has 0 bridgehead atoms. The van der Waals surface area contributed by atoms with Crippen LogP contribution < -0.4 is 5.56 Å². The predicted molar refractivity (Wildman–Crippen MR) is 117 cm³/mol. The van der Waals surface area contributed by atoms with E-state index in [1.807, 2.05) is 50.2 Å². The average Bonchev–Trinajstić information content (AvgIpc) is 2.74. The monoisotopic (exact) mass is 401 g/mol. The van der Waals surface area contributed by atoms with E-state index >= 15 is 0 Å². The molecule has 6 heteroatoms. The molecule has 0 amide bonds. The summed E-state index contributed by atoms with van der Waals surface area (Å²) in [4.78, 5) is 13.0. The SMILES string of the molecule is CC(C)/[N+]([O-])=C\c1cccc(-c2nn(-c3cccc(F)c3)c(=O)c3ccccc23)c1. The molecule has 5 nitrogen and oxygen atoms in total. The van der Waals surface area contributed by atoms with Crippen molar-refractivity contribution in [1.82, 2.24) is 9.78 Å². The first kappa shape index (κ1) is 19.5. The fraction of sp³-hybridized carbons (Fsp3) is 0.125. The van der Waals surface area contributed by atoms with Gasteiger partial charge in [0.05, 0.1) is 16.8 Å². The minimum atomic E-state index is -0.447. The van der Waals surface area contributed by atoms with Crippen LogP contribution >= 0.6 is 0 Å². The van der Waals surface area contributed by atoms with E-state index in [1.165, 1.54) is 29.1 Å². The third-order valence-corrected chi connectivity index (χ3v) is 4.80. The molecule has 1 aromatic heterocycles. The van der Waals surface area contributed by atoms with E-state index in [4.69, 9.17) is 0 Å². The summed E-state index contributed by atoms with van der Waals surface area (Å²) in [5, 5.41) is 17.8. The van der Waals surface area contributed by atoms with Gasteiger partial charge >= 0.3 is 0 Å². The second-order valence-corrected chi connectivity index (χ2v) is 7.30. The van der Waals surface area contributed by atoms with E-state index < -0.39 is 5.82 Å². The Morgan fingerprint density at radius 3 is 2.47 bits per heavy atom. The number of hydroxylamine groups is 1. The van der Waals surface area contributed by atoms with Crippen LogP contribution in [0.3, 0.4) is 0 Å². The highest BCUT2D eigenvalue weighted by Crippen LogP contribution is 2.26. The molecule has 150 valence electrons. The topological polar surface area (TPSA) is 61.0 Å². The molecule has 0 aliphatic heterocycles. The number of hydrogen-bond acceptors (Lipinski definition) is 3. The molecule has 4 rings (SSSR count). The van der Waals surface area contributed by atoms with Gasteiger partial charge in [-0.15, -0.1) is 0 Å². The highest BCUT2D eigenvalue weighted by atomic mass is 19.1. The molecule has 0 unspecified atom stereocenters. The van der Waals surface area contributed by atoms with Gasteiger partial charge in [-0.25, -0.2) is 9.13 Å². The number of benzene rings is 3. The second kappa shape index (κ2) is 7.91. The van der Waals surface area contributed by atoms with Crippen LogP contribution in [0.15, 0.2) is 77.6 Å². The highest BCUT2D eigenvalue weighted by molar-refractivity contribution is 5.94. The van der Waals surface area contributed by atoms with Crippen molar-refractivity contribution in [3.8, 4) is 16.9 Å². The Labute approximate surface area is 172 Å². The van der Waals surface area contributed by atoms with Crippen LogP contribution in [-0.2, 0) is 0 Å². The Hall–Kier alpha value is -3.80. The molecular weight excluding hydrogens is 381 g/mol.